The van der Waals surface area contributed by atoms with E-state index in [9.17, 15) is 9.18 Å². The normalized spacial score (nSPS) is 16.5. The summed E-state index contributed by atoms with van der Waals surface area (Å²) in [5.41, 5.74) is 0.958. The van der Waals surface area contributed by atoms with Crippen molar-refractivity contribution in [1.82, 2.24) is 9.80 Å². The van der Waals surface area contributed by atoms with Crippen LogP contribution in [0, 0.1) is 5.82 Å². The fourth-order valence-corrected chi connectivity index (χ4v) is 3.33. The van der Waals surface area contributed by atoms with E-state index in [-0.39, 0.29) is 24.8 Å². The Balaban J connectivity index is 0.00000242. The summed E-state index contributed by atoms with van der Waals surface area (Å²) in [4.78, 5) is 14.9. The van der Waals surface area contributed by atoms with Gasteiger partial charge in [-0.15, -0.1) is 12.4 Å². The van der Waals surface area contributed by atoms with Gasteiger partial charge in [0.25, 0.3) is 0 Å². The zero-order chi connectivity index (χ0) is 15.4. The number of carboxylic acids is 1. The molecule has 1 fully saturated rings. The highest BCUT2D eigenvalue weighted by molar-refractivity contribution is 9.10. The Morgan fingerprint density at radius 1 is 1.41 bits per heavy atom. The first-order valence-electron chi connectivity index (χ1n) is 7.03. The van der Waals surface area contributed by atoms with Crippen LogP contribution in [0.2, 0.25) is 0 Å². The lowest BCUT2D eigenvalue weighted by Gasteiger charge is -2.36. The topological polar surface area (TPSA) is 43.8 Å². The Morgan fingerprint density at radius 3 is 2.59 bits per heavy atom. The molecule has 1 aromatic carbocycles. The van der Waals surface area contributed by atoms with Crippen LogP contribution in [0.3, 0.4) is 0 Å². The van der Waals surface area contributed by atoms with E-state index < -0.39 is 5.97 Å². The smallest absolute Gasteiger partial charge is 0.317 e. The van der Waals surface area contributed by atoms with Gasteiger partial charge in [-0.1, -0.05) is 15.9 Å². The Morgan fingerprint density at radius 2 is 2.05 bits per heavy atom. The largest absolute Gasteiger partial charge is 0.480 e. The van der Waals surface area contributed by atoms with Gasteiger partial charge in [0.05, 0.1) is 6.54 Å². The van der Waals surface area contributed by atoms with Crippen LogP contribution in [-0.2, 0) is 11.3 Å². The number of carboxylic acid groups (broad SMARTS) is 1. The summed E-state index contributed by atoms with van der Waals surface area (Å²) in [6.45, 7) is 2.62. The first-order chi connectivity index (χ1) is 9.94. The second-order valence-corrected chi connectivity index (χ2v) is 6.51. The van der Waals surface area contributed by atoms with Gasteiger partial charge in [-0.05, 0) is 56.7 Å². The van der Waals surface area contributed by atoms with Crippen molar-refractivity contribution in [2.45, 2.75) is 25.4 Å². The quantitative estimate of drug-likeness (QED) is 0.832. The van der Waals surface area contributed by atoms with Crippen LogP contribution in [0.15, 0.2) is 22.7 Å². The molecule has 1 aliphatic rings. The van der Waals surface area contributed by atoms with Gasteiger partial charge in [-0.2, -0.15) is 0 Å². The molecular weight excluding hydrogens is 375 g/mol. The number of hydrogen-bond donors (Lipinski definition) is 1. The minimum absolute atomic E-state index is 0. The van der Waals surface area contributed by atoms with Crippen LogP contribution < -0.4 is 0 Å². The molecule has 0 atom stereocenters. The second-order valence-electron chi connectivity index (χ2n) is 5.59. The lowest BCUT2D eigenvalue weighted by atomic mass is 10.0. The van der Waals surface area contributed by atoms with Crippen molar-refractivity contribution in [2.75, 3.05) is 26.7 Å². The Hall–Kier alpha value is -0.690. The molecule has 0 bridgehead atoms. The molecule has 22 heavy (non-hydrogen) atoms. The maximum atomic E-state index is 13.4. The fourth-order valence-electron chi connectivity index (χ4n) is 2.82. The molecule has 0 aromatic heterocycles. The highest BCUT2D eigenvalue weighted by atomic mass is 79.9. The van der Waals surface area contributed by atoms with Gasteiger partial charge >= 0.3 is 5.97 Å². The molecule has 0 unspecified atom stereocenters. The van der Waals surface area contributed by atoms with Gasteiger partial charge in [0.15, 0.2) is 0 Å². The molecule has 2 rings (SSSR count). The molecule has 4 nitrogen and oxygen atoms in total. The van der Waals surface area contributed by atoms with Crippen LogP contribution in [0.5, 0.6) is 0 Å². The third-order valence-corrected chi connectivity index (χ3v) is 4.35. The van der Waals surface area contributed by atoms with Crippen molar-refractivity contribution in [3.05, 3.63) is 34.1 Å². The van der Waals surface area contributed by atoms with E-state index in [2.05, 4.69) is 20.8 Å². The predicted molar refractivity (Wildman–Crippen MR) is 89.9 cm³/mol. The molecule has 1 aliphatic heterocycles. The highest BCUT2D eigenvalue weighted by Gasteiger charge is 2.23. The summed E-state index contributed by atoms with van der Waals surface area (Å²) in [5.74, 6) is -1.01. The van der Waals surface area contributed by atoms with Gasteiger partial charge in [0.1, 0.15) is 5.82 Å². The van der Waals surface area contributed by atoms with Crippen LogP contribution >= 0.6 is 28.3 Å². The molecule has 7 heteroatoms. The van der Waals surface area contributed by atoms with Crippen molar-refractivity contribution in [1.29, 1.82) is 0 Å². The number of likely N-dealkylation sites (tertiary alicyclic amines) is 1. The molecule has 1 aromatic rings. The molecular formula is C15H21BrClFN2O2. The van der Waals surface area contributed by atoms with E-state index in [0.29, 0.717) is 6.04 Å². The summed E-state index contributed by atoms with van der Waals surface area (Å²) in [6, 6.07) is 5.27. The fraction of sp³-hybridized carbons (Fsp3) is 0.533. The molecule has 0 radical (unpaired) electrons. The Labute approximate surface area is 144 Å². The highest BCUT2D eigenvalue weighted by Crippen LogP contribution is 2.20. The summed E-state index contributed by atoms with van der Waals surface area (Å²) in [7, 11) is 1.86. The molecule has 1 N–H and O–H groups in total. The van der Waals surface area contributed by atoms with Crippen LogP contribution in [0.1, 0.15) is 18.4 Å². The van der Waals surface area contributed by atoms with E-state index in [1.807, 2.05) is 18.0 Å². The van der Waals surface area contributed by atoms with Gasteiger partial charge in [-0.25, -0.2) is 4.39 Å². The zero-order valence-electron chi connectivity index (χ0n) is 12.5. The SMILES string of the molecule is CN(CC(=O)O)C1CCN(Cc2cc(F)cc(Br)c2)CC1.Cl. The lowest BCUT2D eigenvalue weighted by Crippen LogP contribution is -2.44. The standard InChI is InChI=1S/C15H20BrFN2O2.ClH/c1-18(10-15(20)21)14-2-4-19(5-3-14)9-11-6-12(16)8-13(17)7-11;/h6-8,14H,2-5,9-10H2,1H3,(H,20,21);1H. The first-order valence-corrected chi connectivity index (χ1v) is 7.82. The third kappa shape index (κ3) is 5.83. The van der Waals surface area contributed by atoms with Crippen LogP contribution in [0.25, 0.3) is 0 Å². The second kappa shape index (κ2) is 8.82. The van der Waals surface area contributed by atoms with E-state index in [1.54, 1.807) is 6.07 Å². The zero-order valence-corrected chi connectivity index (χ0v) is 14.9. The first kappa shape index (κ1) is 19.4. The van der Waals surface area contributed by atoms with Crippen molar-refractivity contribution in [3.8, 4) is 0 Å². The predicted octanol–water partition coefficient (Wildman–Crippen LogP) is 2.99. The number of halogens is 3. The summed E-state index contributed by atoms with van der Waals surface area (Å²) in [6.07, 6.45) is 1.89. The molecule has 1 saturated heterocycles. The number of hydrogen-bond acceptors (Lipinski definition) is 3. The average molecular weight is 396 g/mol. The number of piperidine rings is 1. The molecule has 1 heterocycles. The number of benzene rings is 1. The van der Waals surface area contributed by atoms with E-state index in [0.717, 1.165) is 42.5 Å². The molecule has 0 saturated carbocycles. The van der Waals surface area contributed by atoms with Crippen molar-refractivity contribution >= 4 is 34.3 Å². The lowest BCUT2D eigenvalue weighted by molar-refractivity contribution is -0.138. The summed E-state index contributed by atoms with van der Waals surface area (Å²) >= 11 is 3.31. The summed E-state index contributed by atoms with van der Waals surface area (Å²) < 4.78 is 14.1. The summed E-state index contributed by atoms with van der Waals surface area (Å²) in [5, 5.41) is 8.82. The van der Waals surface area contributed by atoms with Gasteiger partial charge in [-0.3, -0.25) is 14.6 Å². The molecule has 124 valence electrons. The molecule has 0 spiro atoms. The maximum Gasteiger partial charge on any atom is 0.317 e. The number of rotatable bonds is 5. The minimum Gasteiger partial charge on any atom is -0.480 e. The Bertz CT molecular complexity index is 490. The monoisotopic (exact) mass is 394 g/mol. The Kier molecular flexibility index (Phi) is 7.76. The van der Waals surface area contributed by atoms with Crippen LogP contribution in [0.4, 0.5) is 4.39 Å². The van der Waals surface area contributed by atoms with Crippen molar-refractivity contribution in [2.24, 2.45) is 0 Å². The van der Waals surface area contributed by atoms with Gasteiger partial charge in [0.2, 0.25) is 0 Å². The van der Waals surface area contributed by atoms with E-state index >= 15 is 0 Å². The van der Waals surface area contributed by atoms with Crippen molar-refractivity contribution in [3.63, 3.8) is 0 Å². The third-order valence-electron chi connectivity index (χ3n) is 3.89. The average Bonchev–Trinajstić information content (AvgIpc) is 2.37. The van der Waals surface area contributed by atoms with Crippen LogP contribution in [-0.4, -0.2) is 53.6 Å². The van der Waals surface area contributed by atoms with E-state index in [4.69, 9.17) is 5.11 Å². The number of carbonyl (C=O) groups is 1. The number of likely N-dealkylation sites (N-methyl/N-ethyl adjacent to an activating group) is 1. The number of aliphatic carboxylic acids is 1. The molecule has 0 amide bonds. The van der Waals surface area contributed by atoms with Crippen molar-refractivity contribution < 1.29 is 14.3 Å². The maximum absolute atomic E-state index is 13.4. The number of nitrogens with zero attached hydrogens (tertiary/aromatic N) is 2. The van der Waals surface area contributed by atoms with E-state index in [1.165, 1.54) is 6.07 Å². The van der Waals surface area contributed by atoms with Gasteiger partial charge < -0.3 is 5.11 Å². The molecule has 0 aliphatic carbocycles. The van der Waals surface area contributed by atoms with Gasteiger partial charge in [0, 0.05) is 17.1 Å². The minimum atomic E-state index is -0.787.